The maximum Gasteiger partial charge on any atom is 0.315 e. The molecule has 0 unspecified atom stereocenters. The highest BCUT2D eigenvalue weighted by molar-refractivity contribution is 7.07. The van der Waals surface area contributed by atoms with Crippen molar-refractivity contribution in [2.75, 3.05) is 6.54 Å². The summed E-state index contributed by atoms with van der Waals surface area (Å²) in [6.07, 6.45) is -0.173. The van der Waals surface area contributed by atoms with Crippen LogP contribution in [0.2, 0.25) is 0 Å². The number of nitrogens with one attached hydrogen (secondary N) is 2. The fourth-order valence-electron chi connectivity index (χ4n) is 2.12. The summed E-state index contributed by atoms with van der Waals surface area (Å²) in [5.41, 5.74) is 1.62. The van der Waals surface area contributed by atoms with Gasteiger partial charge < -0.3 is 15.7 Å². The largest absolute Gasteiger partial charge is 0.387 e. The van der Waals surface area contributed by atoms with Crippen LogP contribution in [0, 0.1) is 5.82 Å². The predicted octanol–water partition coefficient (Wildman–Crippen LogP) is 2.85. The monoisotopic (exact) mass is 322 g/mol. The number of aliphatic hydroxyl groups is 1. The van der Waals surface area contributed by atoms with Crippen molar-refractivity contribution >= 4 is 17.4 Å². The zero-order valence-electron chi connectivity index (χ0n) is 12.3. The lowest BCUT2D eigenvalue weighted by Gasteiger charge is -2.16. The molecule has 1 aromatic carbocycles. The average Bonchev–Trinajstić information content (AvgIpc) is 2.98. The van der Waals surface area contributed by atoms with Crippen molar-refractivity contribution in [2.45, 2.75) is 25.5 Å². The van der Waals surface area contributed by atoms with Crippen molar-refractivity contribution in [1.29, 1.82) is 0 Å². The third-order valence-corrected chi connectivity index (χ3v) is 3.89. The number of benzene rings is 1. The molecule has 0 bridgehead atoms. The van der Waals surface area contributed by atoms with E-state index in [9.17, 15) is 14.3 Å². The van der Waals surface area contributed by atoms with Crippen LogP contribution in [0.1, 0.15) is 24.2 Å². The minimum absolute atomic E-state index is 0.139. The molecule has 0 radical (unpaired) electrons. The van der Waals surface area contributed by atoms with E-state index in [1.807, 2.05) is 29.8 Å². The van der Waals surface area contributed by atoms with Crippen LogP contribution in [0.25, 0.3) is 0 Å². The van der Waals surface area contributed by atoms with E-state index in [1.54, 1.807) is 6.07 Å². The number of carbonyl (C=O) groups is 1. The van der Waals surface area contributed by atoms with Crippen LogP contribution in [0.15, 0.2) is 41.1 Å². The van der Waals surface area contributed by atoms with E-state index in [1.165, 1.54) is 23.5 Å². The van der Waals surface area contributed by atoms with Crippen LogP contribution >= 0.6 is 11.3 Å². The highest BCUT2D eigenvalue weighted by atomic mass is 32.1. The number of halogens is 1. The molecule has 118 valence electrons. The molecule has 1 heterocycles. The first-order chi connectivity index (χ1) is 10.5. The van der Waals surface area contributed by atoms with Gasteiger partial charge in [0.15, 0.2) is 0 Å². The molecule has 0 saturated heterocycles. The van der Waals surface area contributed by atoms with E-state index in [0.29, 0.717) is 6.42 Å². The molecular formula is C16H19FN2O2S. The predicted molar refractivity (Wildman–Crippen MR) is 85.4 cm³/mol. The fourth-order valence-corrected chi connectivity index (χ4v) is 2.82. The van der Waals surface area contributed by atoms with Crippen LogP contribution in [-0.4, -0.2) is 23.7 Å². The van der Waals surface area contributed by atoms with E-state index < -0.39 is 6.10 Å². The Morgan fingerprint density at radius 1 is 1.41 bits per heavy atom. The van der Waals surface area contributed by atoms with E-state index in [4.69, 9.17) is 0 Å². The number of amides is 2. The topological polar surface area (TPSA) is 61.4 Å². The van der Waals surface area contributed by atoms with E-state index in [-0.39, 0.29) is 24.4 Å². The molecule has 0 aliphatic heterocycles. The van der Waals surface area contributed by atoms with Crippen molar-refractivity contribution in [3.05, 3.63) is 58.0 Å². The average molecular weight is 322 g/mol. The van der Waals surface area contributed by atoms with Gasteiger partial charge >= 0.3 is 6.03 Å². The summed E-state index contributed by atoms with van der Waals surface area (Å²) in [6.45, 7) is 2.00. The Kier molecular flexibility index (Phi) is 5.91. The SMILES string of the molecule is C[C@H](Cc1cccc(F)c1)NC(=O)NC[C@@H](O)c1ccsc1. The first-order valence-electron chi connectivity index (χ1n) is 7.03. The number of rotatable bonds is 6. The number of hydrogen-bond donors (Lipinski definition) is 3. The molecule has 2 rings (SSSR count). The lowest BCUT2D eigenvalue weighted by Crippen LogP contribution is -2.43. The summed E-state index contributed by atoms with van der Waals surface area (Å²) in [7, 11) is 0. The van der Waals surface area contributed by atoms with Crippen molar-refractivity contribution < 1.29 is 14.3 Å². The lowest BCUT2D eigenvalue weighted by molar-refractivity contribution is 0.173. The second kappa shape index (κ2) is 7.91. The fraction of sp³-hybridized carbons (Fsp3) is 0.312. The third-order valence-electron chi connectivity index (χ3n) is 3.19. The maximum atomic E-state index is 13.1. The number of urea groups is 1. The van der Waals surface area contributed by atoms with Crippen molar-refractivity contribution in [3.63, 3.8) is 0 Å². The van der Waals surface area contributed by atoms with Gasteiger partial charge in [0.05, 0.1) is 6.10 Å². The lowest BCUT2D eigenvalue weighted by atomic mass is 10.1. The number of hydrogen-bond acceptors (Lipinski definition) is 3. The summed E-state index contributed by atoms with van der Waals surface area (Å²) < 4.78 is 13.1. The molecule has 2 amide bonds. The molecule has 0 fully saturated rings. The van der Waals surface area contributed by atoms with Crippen LogP contribution in [0.4, 0.5) is 9.18 Å². The van der Waals surface area contributed by atoms with Gasteiger partial charge in [0.1, 0.15) is 5.82 Å². The second-order valence-corrected chi connectivity index (χ2v) is 5.94. The Balaban J connectivity index is 1.74. The molecular weight excluding hydrogens is 303 g/mol. The summed E-state index contributed by atoms with van der Waals surface area (Å²) in [6, 6.07) is 7.64. The van der Waals surface area contributed by atoms with Crippen LogP contribution in [-0.2, 0) is 6.42 Å². The van der Waals surface area contributed by atoms with Crippen LogP contribution < -0.4 is 10.6 Å². The molecule has 2 atom stereocenters. The van der Waals surface area contributed by atoms with Crippen molar-refractivity contribution in [3.8, 4) is 0 Å². The second-order valence-electron chi connectivity index (χ2n) is 5.16. The Morgan fingerprint density at radius 2 is 2.23 bits per heavy atom. The number of aliphatic hydroxyl groups excluding tert-OH is 1. The first-order valence-corrected chi connectivity index (χ1v) is 7.98. The smallest absolute Gasteiger partial charge is 0.315 e. The van der Waals surface area contributed by atoms with Gasteiger partial charge in [-0.15, -0.1) is 0 Å². The van der Waals surface area contributed by atoms with Crippen molar-refractivity contribution in [1.82, 2.24) is 10.6 Å². The zero-order chi connectivity index (χ0) is 15.9. The van der Waals surface area contributed by atoms with Gasteiger partial charge in [-0.05, 0) is 53.4 Å². The van der Waals surface area contributed by atoms with E-state index in [0.717, 1.165) is 11.1 Å². The summed E-state index contributed by atoms with van der Waals surface area (Å²) in [5.74, 6) is -0.284. The van der Waals surface area contributed by atoms with Gasteiger partial charge in [0.2, 0.25) is 0 Å². The standard InChI is InChI=1S/C16H19FN2O2S/c1-11(7-12-3-2-4-14(17)8-12)19-16(21)18-9-15(20)13-5-6-22-10-13/h2-6,8,10-11,15,20H,7,9H2,1H3,(H2,18,19,21)/t11-,15-/m1/s1. The van der Waals surface area contributed by atoms with Crippen LogP contribution in [0.3, 0.4) is 0 Å². The third kappa shape index (κ3) is 5.13. The summed E-state index contributed by atoms with van der Waals surface area (Å²) in [4.78, 5) is 11.8. The van der Waals surface area contributed by atoms with Gasteiger partial charge in [-0.25, -0.2) is 9.18 Å². The van der Waals surface area contributed by atoms with Gasteiger partial charge in [-0.1, -0.05) is 12.1 Å². The highest BCUT2D eigenvalue weighted by Crippen LogP contribution is 2.15. The minimum atomic E-state index is -0.712. The Bertz CT molecular complexity index is 604. The highest BCUT2D eigenvalue weighted by Gasteiger charge is 2.12. The molecule has 4 nitrogen and oxygen atoms in total. The molecule has 22 heavy (non-hydrogen) atoms. The number of carbonyl (C=O) groups excluding carboxylic acids is 1. The minimum Gasteiger partial charge on any atom is -0.387 e. The molecule has 6 heteroatoms. The summed E-state index contributed by atoms with van der Waals surface area (Å²) >= 11 is 1.50. The van der Waals surface area contributed by atoms with E-state index >= 15 is 0 Å². The first kappa shape index (κ1) is 16.5. The van der Waals surface area contributed by atoms with Crippen LogP contribution in [0.5, 0.6) is 0 Å². The van der Waals surface area contributed by atoms with Gasteiger partial charge in [0, 0.05) is 12.6 Å². The molecule has 0 aliphatic rings. The normalized spacial score (nSPS) is 13.4. The molecule has 0 saturated carbocycles. The molecule has 2 aromatic rings. The Hall–Kier alpha value is -1.92. The van der Waals surface area contributed by atoms with Gasteiger partial charge in [0.25, 0.3) is 0 Å². The van der Waals surface area contributed by atoms with E-state index in [2.05, 4.69) is 10.6 Å². The molecule has 0 aliphatic carbocycles. The van der Waals surface area contributed by atoms with Gasteiger partial charge in [-0.3, -0.25) is 0 Å². The van der Waals surface area contributed by atoms with Gasteiger partial charge in [-0.2, -0.15) is 11.3 Å². The maximum absolute atomic E-state index is 13.1. The molecule has 1 aromatic heterocycles. The Labute approximate surface area is 133 Å². The quantitative estimate of drug-likeness (QED) is 0.766. The molecule has 0 spiro atoms. The van der Waals surface area contributed by atoms with Crippen molar-refractivity contribution in [2.24, 2.45) is 0 Å². The number of thiophene rings is 1. The zero-order valence-corrected chi connectivity index (χ0v) is 13.1. The Morgan fingerprint density at radius 3 is 2.91 bits per heavy atom. The molecule has 3 N–H and O–H groups in total. The summed E-state index contributed by atoms with van der Waals surface area (Å²) in [5, 5.41) is 19.0.